The van der Waals surface area contributed by atoms with Crippen LogP contribution in [0.3, 0.4) is 0 Å². The van der Waals surface area contributed by atoms with Crippen LogP contribution in [0, 0.1) is 0 Å². The number of hydrogen-bond acceptors (Lipinski definition) is 4. The smallest absolute Gasteiger partial charge is 0.261 e. The zero-order valence-electron chi connectivity index (χ0n) is 27.3. The van der Waals surface area contributed by atoms with Crippen LogP contribution in [0.5, 0.6) is 11.5 Å². The predicted octanol–water partition coefficient (Wildman–Crippen LogP) is 8.61. The number of benzene rings is 4. The van der Waals surface area contributed by atoms with Crippen LogP contribution >= 0.6 is 0 Å². The molecule has 2 N–H and O–H groups in total. The second-order valence-corrected chi connectivity index (χ2v) is 11.5. The van der Waals surface area contributed by atoms with Crippen LogP contribution in [0.25, 0.3) is 22.3 Å². The molecule has 4 aromatic rings. The average Bonchev–Trinajstić information content (AvgIpc) is 3.11. The molecule has 0 aromatic heterocycles. The molecule has 46 heavy (non-hydrogen) atoms. The highest BCUT2D eigenvalue weighted by Crippen LogP contribution is 2.24. The highest BCUT2D eigenvalue weighted by Gasteiger charge is 2.19. The molecule has 0 bridgehead atoms. The van der Waals surface area contributed by atoms with Crippen molar-refractivity contribution in [2.75, 3.05) is 13.1 Å². The summed E-state index contributed by atoms with van der Waals surface area (Å²) in [6, 6.07) is 36.2. The van der Waals surface area contributed by atoms with Gasteiger partial charge in [-0.3, -0.25) is 9.59 Å². The van der Waals surface area contributed by atoms with Gasteiger partial charge in [-0.05, 0) is 72.2 Å². The maximum Gasteiger partial charge on any atom is 0.261 e. The molecule has 0 fully saturated rings. The largest absolute Gasteiger partial charge is 0.481 e. The van der Waals surface area contributed by atoms with Crippen LogP contribution < -0.4 is 20.1 Å². The molecule has 0 radical (unpaired) electrons. The fourth-order valence-electron chi connectivity index (χ4n) is 5.29. The lowest BCUT2D eigenvalue weighted by atomic mass is 10.1. The molecule has 0 aliphatic rings. The Kier molecular flexibility index (Phi) is 14.2. The van der Waals surface area contributed by atoms with Gasteiger partial charge in [-0.25, -0.2) is 0 Å². The van der Waals surface area contributed by atoms with E-state index >= 15 is 0 Å². The summed E-state index contributed by atoms with van der Waals surface area (Å²) in [5.41, 5.74) is 4.54. The van der Waals surface area contributed by atoms with Crippen molar-refractivity contribution in [1.82, 2.24) is 10.6 Å². The Morgan fingerprint density at radius 1 is 0.478 bits per heavy atom. The quantitative estimate of drug-likeness (QED) is 0.103. The lowest BCUT2D eigenvalue weighted by Crippen LogP contribution is -2.38. The number of carbonyl (C=O) groups excluding carboxylic acids is 2. The molecule has 0 heterocycles. The van der Waals surface area contributed by atoms with Gasteiger partial charge in [0.1, 0.15) is 11.5 Å². The number of hydrogen-bond donors (Lipinski definition) is 2. The fraction of sp³-hybridized carbons (Fsp3) is 0.350. The molecular formula is C40H48N2O4. The Balaban J connectivity index is 1.03. The third kappa shape index (κ3) is 11.1. The molecule has 6 heteroatoms. The first-order chi connectivity index (χ1) is 22.6. The zero-order valence-corrected chi connectivity index (χ0v) is 27.3. The van der Waals surface area contributed by atoms with E-state index in [9.17, 15) is 9.59 Å². The maximum absolute atomic E-state index is 12.7. The molecule has 242 valence electrons. The maximum atomic E-state index is 12.7. The lowest BCUT2D eigenvalue weighted by Gasteiger charge is -2.18. The summed E-state index contributed by atoms with van der Waals surface area (Å²) in [7, 11) is 0. The van der Waals surface area contributed by atoms with Crippen LogP contribution in [0.15, 0.2) is 109 Å². The Labute approximate surface area is 274 Å². The van der Waals surface area contributed by atoms with Crippen molar-refractivity contribution in [3.05, 3.63) is 109 Å². The van der Waals surface area contributed by atoms with Crippen LogP contribution in [0.2, 0.25) is 0 Å². The summed E-state index contributed by atoms with van der Waals surface area (Å²) in [4.78, 5) is 25.4. The van der Waals surface area contributed by atoms with E-state index in [0.717, 1.165) is 60.8 Å². The van der Waals surface area contributed by atoms with E-state index in [-0.39, 0.29) is 11.8 Å². The van der Waals surface area contributed by atoms with Crippen molar-refractivity contribution < 1.29 is 19.1 Å². The summed E-state index contributed by atoms with van der Waals surface area (Å²) in [6.45, 7) is 5.22. The van der Waals surface area contributed by atoms with Crippen molar-refractivity contribution in [3.8, 4) is 33.8 Å². The molecule has 0 saturated heterocycles. The molecular weight excluding hydrogens is 572 g/mol. The minimum absolute atomic E-state index is 0.0658. The van der Waals surface area contributed by atoms with Gasteiger partial charge in [0.2, 0.25) is 0 Å². The molecule has 4 aromatic carbocycles. The van der Waals surface area contributed by atoms with Crippen LogP contribution in [-0.4, -0.2) is 37.1 Å². The van der Waals surface area contributed by atoms with E-state index in [2.05, 4.69) is 34.9 Å². The standard InChI is InChI=1S/C40H48N2O4/c1-3-37(45-35-25-21-33(22-26-35)31-17-11-9-12-18-31)39(43)41-29-15-7-5-6-8-16-30-42-40(44)38(4-2)46-36-27-23-34(24-28-36)32-19-13-10-14-20-32/h9-14,17-28,37-38H,3-8,15-16,29-30H2,1-2H3,(H,41,43)(H,42,44). The zero-order chi connectivity index (χ0) is 32.4. The van der Waals surface area contributed by atoms with Crippen LogP contribution in [0.1, 0.15) is 65.2 Å². The lowest BCUT2D eigenvalue weighted by molar-refractivity contribution is -0.128. The summed E-state index contributed by atoms with van der Waals surface area (Å²) >= 11 is 0. The van der Waals surface area contributed by atoms with Crippen molar-refractivity contribution in [2.45, 2.75) is 77.4 Å². The second-order valence-electron chi connectivity index (χ2n) is 11.5. The van der Waals surface area contributed by atoms with E-state index in [1.807, 2.05) is 98.8 Å². The Morgan fingerprint density at radius 2 is 0.804 bits per heavy atom. The number of amides is 2. The molecule has 0 saturated carbocycles. The SMILES string of the molecule is CCC(Oc1ccc(-c2ccccc2)cc1)C(=O)NCCCCCCCCNC(=O)C(CC)Oc1ccc(-c2ccccc2)cc1. The average molecular weight is 621 g/mol. The fourth-order valence-corrected chi connectivity index (χ4v) is 5.29. The van der Waals surface area contributed by atoms with Gasteiger partial charge in [0.25, 0.3) is 11.8 Å². The number of unbranched alkanes of at least 4 members (excludes halogenated alkanes) is 5. The predicted molar refractivity (Wildman–Crippen MR) is 187 cm³/mol. The van der Waals surface area contributed by atoms with Gasteiger partial charge in [0.15, 0.2) is 12.2 Å². The van der Waals surface area contributed by atoms with Gasteiger partial charge < -0.3 is 20.1 Å². The van der Waals surface area contributed by atoms with Crippen molar-refractivity contribution in [1.29, 1.82) is 0 Å². The van der Waals surface area contributed by atoms with Gasteiger partial charge in [-0.15, -0.1) is 0 Å². The molecule has 0 aliphatic carbocycles. The molecule has 0 spiro atoms. The first-order valence-corrected chi connectivity index (χ1v) is 16.8. The number of carbonyl (C=O) groups is 2. The minimum atomic E-state index is -0.504. The highest BCUT2D eigenvalue weighted by molar-refractivity contribution is 5.81. The third-order valence-corrected chi connectivity index (χ3v) is 8.01. The first-order valence-electron chi connectivity index (χ1n) is 16.8. The van der Waals surface area contributed by atoms with Crippen LogP contribution in [0.4, 0.5) is 0 Å². The van der Waals surface area contributed by atoms with Gasteiger partial charge in [0, 0.05) is 13.1 Å². The van der Waals surface area contributed by atoms with Crippen molar-refractivity contribution in [3.63, 3.8) is 0 Å². The van der Waals surface area contributed by atoms with E-state index in [0.29, 0.717) is 37.4 Å². The van der Waals surface area contributed by atoms with Gasteiger partial charge in [-0.2, -0.15) is 0 Å². The minimum Gasteiger partial charge on any atom is -0.481 e. The number of nitrogens with one attached hydrogen (secondary N) is 2. The number of ether oxygens (including phenoxy) is 2. The first kappa shape index (κ1) is 34.3. The molecule has 2 unspecified atom stereocenters. The van der Waals surface area contributed by atoms with Gasteiger partial charge >= 0.3 is 0 Å². The van der Waals surface area contributed by atoms with Crippen LogP contribution in [-0.2, 0) is 9.59 Å². The Morgan fingerprint density at radius 3 is 1.15 bits per heavy atom. The highest BCUT2D eigenvalue weighted by atomic mass is 16.5. The molecule has 0 aliphatic heterocycles. The normalized spacial score (nSPS) is 12.1. The molecule has 4 rings (SSSR count). The number of rotatable bonds is 19. The molecule has 2 amide bonds. The summed E-state index contributed by atoms with van der Waals surface area (Å²) in [5.74, 6) is 1.27. The van der Waals surface area contributed by atoms with Crippen molar-refractivity contribution >= 4 is 11.8 Å². The van der Waals surface area contributed by atoms with E-state index in [1.165, 1.54) is 0 Å². The third-order valence-electron chi connectivity index (χ3n) is 8.01. The topological polar surface area (TPSA) is 76.7 Å². The van der Waals surface area contributed by atoms with E-state index in [1.54, 1.807) is 0 Å². The van der Waals surface area contributed by atoms with Gasteiger partial charge in [-0.1, -0.05) is 124 Å². The summed E-state index contributed by atoms with van der Waals surface area (Å²) in [6.07, 6.45) is 6.40. The molecule has 6 nitrogen and oxygen atoms in total. The van der Waals surface area contributed by atoms with E-state index < -0.39 is 12.2 Å². The summed E-state index contributed by atoms with van der Waals surface area (Å²) < 4.78 is 12.0. The van der Waals surface area contributed by atoms with Crippen molar-refractivity contribution in [2.24, 2.45) is 0 Å². The van der Waals surface area contributed by atoms with Gasteiger partial charge in [0.05, 0.1) is 0 Å². The second kappa shape index (κ2) is 19.1. The Bertz CT molecular complexity index is 1330. The molecule has 2 atom stereocenters. The monoisotopic (exact) mass is 620 g/mol. The van der Waals surface area contributed by atoms with E-state index in [4.69, 9.17) is 9.47 Å². The summed E-state index contributed by atoms with van der Waals surface area (Å²) in [5, 5.41) is 6.07. The Hall–Kier alpha value is -4.58.